The molecule has 2 nitrogen and oxygen atoms in total. The second-order valence-electron chi connectivity index (χ2n) is 4.20. The van der Waals surface area contributed by atoms with E-state index >= 15 is 0 Å². The number of aromatic nitrogens is 2. The van der Waals surface area contributed by atoms with Crippen LogP contribution in [-0.4, -0.2) is 9.78 Å². The largest absolute Gasteiger partial charge is 0.276 e. The van der Waals surface area contributed by atoms with Crippen molar-refractivity contribution in [2.45, 2.75) is 26.2 Å². The maximum Gasteiger partial charge on any atom is 0.0524 e. The van der Waals surface area contributed by atoms with Crippen LogP contribution in [0.5, 0.6) is 0 Å². The number of aryl methyl sites for hydroxylation is 1. The van der Waals surface area contributed by atoms with Gasteiger partial charge in [-0.1, -0.05) is 13.8 Å². The van der Waals surface area contributed by atoms with Crippen LogP contribution in [0, 0.1) is 11.8 Å². The molecule has 2 unspecified atom stereocenters. The predicted octanol–water partition coefficient (Wildman–Crippen LogP) is 2.18. The molecule has 0 aliphatic heterocycles. The van der Waals surface area contributed by atoms with Gasteiger partial charge in [0.15, 0.2) is 0 Å². The second-order valence-corrected chi connectivity index (χ2v) is 4.20. The van der Waals surface area contributed by atoms with Crippen LogP contribution in [0.25, 0.3) is 0 Å². The normalized spacial score (nSPS) is 28.0. The molecule has 2 rings (SSSR count). The van der Waals surface area contributed by atoms with E-state index in [-0.39, 0.29) is 0 Å². The third kappa shape index (κ3) is 1.26. The van der Waals surface area contributed by atoms with E-state index in [2.05, 4.69) is 25.1 Å². The molecule has 1 fully saturated rings. The maximum atomic E-state index is 4.19. The van der Waals surface area contributed by atoms with Gasteiger partial charge in [0.05, 0.1) is 6.20 Å². The van der Waals surface area contributed by atoms with E-state index in [4.69, 9.17) is 0 Å². The Bertz CT molecular complexity index is 275. The Morgan fingerprint density at radius 3 is 2.75 bits per heavy atom. The molecule has 1 aromatic rings. The van der Waals surface area contributed by atoms with Gasteiger partial charge in [-0.05, 0) is 29.7 Å². The minimum Gasteiger partial charge on any atom is -0.276 e. The number of hydrogen-bond acceptors (Lipinski definition) is 1. The smallest absolute Gasteiger partial charge is 0.0524 e. The molecule has 0 bridgehead atoms. The summed E-state index contributed by atoms with van der Waals surface area (Å²) in [6, 6.07) is 0. The minimum atomic E-state index is 0.804. The van der Waals surface area contributed by atoms with Crippen molar-refractivity contribution in [3.8, 4) is 0 Å². The van der Waals surface area contributed by atoms with E-state index in [0.717, 1.165) is 17.8 Å². The molecular weight excluding hydrogens is 148 g/mol. The molecule has 66 valence electrons. The Labute approximate surface area is 73.6 Å². The Morgan fingerprint density at radius 2 is 2.33 bits per heavy atom. The molecule has 0 spiro atoms. The number of nitrogens with zero attached hydrogens (tertiary/aromatic N) is 2. The van der Waals surface area contributed by atoms with Crippen molar-refractivity contribution < 1.29 is 0 Å². The zero-order valence-corrected chi connectivity index (χ0v) is 7.99. The van der Waals surface area contributed by atoms with Gasteiger partial charge in [-0.3, -0.25) is 4.68 Å². The van der Waals surface area contributed by atoms with Gasteiger partial charge in [-0.2, -0.15) is 5.10 Å². The van der Waals surface area contributed by atoms with Gasteiger partial charge in [0.1, 0.15) is 0 Å². The third-order valence-electron chi connectivity index (χ3n) is 2.85. The predicted molar refractivity (Wildman–Crippen MR) is 48.9 cm³/mol. The Hall–Kier alpha value is -0.790. The average molecular weight is 164 g/mol. The highest BCUT2D eigenvalue weighted by Gasteiger charge is 2.40. The van der Waals surface area contributed by atoms with Crippen LogP contribution in [-0.2, 0) is 7.05 Å². The summed E-state index contributed by atoms with van der Waals surface area (Å²) in [7, 11) is 1.98. The van der Waals surface area contributed by atoms with Crippen LogP contribution in [0.2, 0.25) is 0 Å². The fourth-order valence-corrected chi connectivity index (χ4v) is 1.97. The molecule has 0 saturated heterocycles. The molecule has 2 atom stereocenters. The van der Waals surface area contributed by atoms with Crippen LogP contribution >= 0.6 is 0 Å². The topological polar surface area (TPSA) is 17.8 Å². The lowest BCUT2D eigenvalue weighted by molar-refractivity contribution is 0.548. The summed E-state index contributed by atoms with van der Waals surface area (Å²) in [5.41, 5.74) is 1.43. The Balaban J connectivity index is 2.05. The van der Waals surface area contributed by atoms with Gasteiger partial charge in [-0.25, -0.2) is 0 Å². The first kappa shape index (κ1) is 7.84. The molecule has 1 aliphatic carbocycles. The highest BCUT2D eigenvalue weighted by Crippen LogP contribution is 2.51. The number of hydrogen-bond donors (Lipinski definition) is 0. The molecule has 12 heavy (non-hydrogen) atoms. The quantitative estimate of drug-likeness (QED) is 0.655. The summed E-state index contributed by atoms with van der Waals surface area (Å²) < 4.78 is 1.89. The van der Waals surface area contributed by atoms with Gasteiger partial charge < -0.3 is 0 Å². The van der Waals surface area contributed by atoms with Crippen LogP contribution in [0.15, 0.2) is 12.4 Å². The van der Waals surface area contributed by atoms with E-state index in [1.165, 1.54) is 12.0 Å². The summed E-state index contributed by atoms with van der Waals surface area (Å²) in [5, 5.41) is 4.19. The molecule has 0 radical (unpaired) electrons. The second kappa shape index (κ2) is 2.61. The summed E-state index contributed by atoms with van der Waals surface area (Å²) in [5.74, 6) is 2.54. The average Bonchev–Trinajstić information content (AvgIpc) is 2.70. The van der Waals surface area contributed by atoms with Crippen molar-refractivity contribution in [3.05, 3.63) is 18.0 Å². The fourth-order valence-electron chi connectivity index (χ4n) is 1.97. The van der Waals surface area contributed by atoms with Crippen molar-refractivity contribution in [1.82, 2.24) is 9.78 Å². The molecule has 0 amide bonds. The first-order chi connectivity index (χ1) is 5.68. The van der Waals surface area contributed by atoms with Crippen LogP contribution in [0.1, 0.15) is 31.7 Å². The Kier molecular flexibility index (Phi) is 1.71. The molecule has 2 heteroatoms. The molecular formula is C10H16N2. The van der Waals surface area contributed by atoms with E-state index in [1.807, 2.05) is 17.9 Å². The van der Waals surface area contributed by atoms with Gasteiger partial charge in [0.25, 0.3) is 0 Å². The highest BCUT2D eigenvalue weighted by molar-refractivity contribution is 5.20. The SMILES string of the molecule is CC(C)C1CC1c1cnn(C)c1. The molecule has 1 heterocycles. The van der Waals surface area contributed by atoms with Crippen molar-refractivity contribution in [2.24, 2.45) is 18.9 Å². The molecule has 1 aliphatic rings. The van der Waals surface area contributed by atoms with Gasteiger partial charge in [-0.15, -0.1) is 0 Å². The Morgan fingerprint density at radius 1 is 1.58 bits per heavy atom. The molecule has 0 aromatic carbocycles. The third-order valence-corrected chi connectivity index (χ3v) is 2.85. The van der Waals surface area contributed by atoms with Gasteiger partial charge in [0.2, 0.25) is 0 Å². The molecule has 1 saturated carbocycles. The van der Waals surface area contributed by atoms with E-state index in [0.29, 0.717) is 0 Å². The molecule has 1 aromatic heterocycles. The van der Waals surface area contributed by atoms with E-state index in [1.54, 1.807) is 0 Å². The number of rotatable bonds is 2. The van der Waals surface area contributed by atoms with E-state index in [9.17, 15) is 0 Å². The standard InChI is InChI=1S/C10H16N2/c1-7(2)9-4-10(9)8-5-11-12(3)6-8/h5-7,9-10H,4H2,1-3H3. The maximum absolute atomic E-state index is 4.19. The van der Waals surface area contributed by atoms with Crippen molar-refractivity contribution >= 4 is 0 Å². The van der Waals surface area contributed by atoms with E-state index < -0.39 is 0 Å². The fraction of sp³-hybridized carbons (Fsp3) is 0.700. The highest BCUT2D eigenvalue weighted by atomic mass is 15.2. The summed E-state index contributed by atoms with van der Waals surface area (Å²) in [6.07, 6.45) is 5.52. The zero-order valence-electron chi connectivity index (χ0n) is 7.99. The van der Waals surface area contributed by atoms with Crippen molar-refractivity contribution in [2.75, 3.05) is 0 Å². The lowest BCUT2D eigenvalue weighted by Gasteiger charge is -2.00. The first-order valence-corrected chi connectivity index (χ1v) is 4.67. The lowest BCUT2D eigenvalue weighted by atomic mass is 10.1. The zero-order chi connectivity index (χ0) is 8.72. The van der Waals surface area contributed by atoms with Crippen molar-refractivity contribution in [3.63, 3.8) is 0 Å². The summed E-state index contributed by atoms with van der Waals surface area (Å²) >= 11 is 0. The molecule has 0 N–H and O–H groups in total. The summed E-state index contributed by atoms with van der Waals surface area (Å²) in [4.78, 5) is 0. The van der Waals surface area contributed by atoms with Crippen LogP contribution in [0.3, 0.4) is 0 Å². The van der Waals surface area contributed by atoms with Crippen molar-refractivity contribution in [1.29, 1.82) is 0 Å². The monoisotopic (exact) mass is 164 g/mol. The van der Waals surface area contributed by atoms with Crippen LogP contribution in [0.4, 0.5) is 0 Å². The first-order valence-electron chi connectivity index (χ1n) is 4.67. The summed E-state index contributed by atoms with van der Waals surface area (Å²) in [6.45, 7) is 4.61. The van der Waals surface area contributed by atoms with Gasteiger partial charge in [0, 0.05) is 13.2 Å². The van der Waals surface area contributed by atoms with Crippen LogP contribution < -0.4 is 0 Å². The lowest BCUT2D eigenvalue weighted by Crippen LogP contribution is -1.91. The van der Waals surface area contributed by atoms with Gasteiger partial charge >= 0.3 is 0 Å². The minimum absolute atomic E-state index is 0.804.